The maximum atomic E-state index is 13.5. The summed E-state index contributed by atoms with van der Waals surface area (Å²) in [5.41, 5.74) is 1.87. The van der Waals surface area contributed by atoms with Crippen LogP contribution in [0.15, 0.2) is 84.9 Å². The van der Waals surface area contributed by atoms with Gasteiger partial charge in [-0.3, -0.25) is 9.59 Å². The quantitative estimate of drug-likeness (QED) is 0.332. The van der Waals surface area contributed by atoms with Crippen molar-refractivity contribution >= 4 is 23.4 Å². The van der Waals surface area contributed by atoms with E-state index in [-0.39, 0.29) is 24.3 Å². The topological polar surface area (TPSA) is 58.6 Å². The highest BCUT2D eigenvalue weighted by Gasteiger charge is 2.30. The van der Waals surface area contributed by atoms with E-state index in [4.69, 9.17) is 16.3 Å². The van der Waals surface area contributed by atoms with Crippen molar-refractivity contribution in [1.82, 2.24) is 10.2 Å². The van der Waals surface area contributed by atoms with Crippen molar-refractivity contribution in [2.24, 2.45) is 0 Å². The summed E-state index contributed by atoms with van der Waals surface area (Å²) in [5.74, 6) is 0.509. The number of hydrogen-bond donors (Lipinski definition) is 1. The van der Waals surface area contributed by atoms with Crippen molar-refractivity contribution in [2.45, 2.75) is 51.7 Å². The molecule has 0 heterocycles. The highest BCUT2D eigenvalue weighted by atomic mass is 35.5. The minimum atomic E-state index is -0.652. The number of halogens is 1. The van der Waals surface area contributed by atoms with E-state index in [1.165, 1.54) is 0 Å². The zero-order valence-electron chi connectivity index (χ0n) is 20.3. The molecular weight excluding hydrogens is 460 g/mol. The molecule has 0 saturated heterocycles. The van der Waals surface area contributed by atoms with Crippen LogP contribution >= 0.6 is 11.6 Å². The minimum Gasteiger partial charge on any atom is -0.494 e. The zero-order valence-corrected chi connectivity index (χ0v) is 21.1. The van der Waals surface area contributed by atoms with Crippen LogP contribution in [0.25, 0.3) is 0 Å². The van der Waals surface area contributed by atoms with Gasteiger partial charge in [0.1, 0.15) is 11.8 Å². The molecule has 6 heteroatoms. The Morgan fingerprint density at radius 3 is 2.23 bits per heavy atom. The smallest absolute Gasteiger partial charge is 0.243 e. The Bertz CT molecular complexity index is 1070. The summed E-state index contributed by atoms with van der Waals surface area (Å²) in [6.45, 7) is 4.55. The lowest BCUT2D eigenvalue weighted by atomic mass is 10.0. The van der Waals surface area contributed by atoms with Gasteiger partial charge >= 0.3 is 0 Å². The Morgan fingerprint density at radius 2 is 1.57 bits per heavy atom. The van der Waals surface area contributed by atoms with Crippen LogP contribution in [-0.2, 0) is 22.6 Å². The van der Waals surface area contributed by atoms with E-state index in [0.717, 1.165) is 16.9 Å². The molecule has 0 aromatic heterocycles. The molecule has 3 rings (SSSR count). The second-order valence-electron chi connectivity index (χ2n) is 8.79. The lowest BCUT2D eigenvalue weighted by Gasteiger charge is -2.32. The number of hydrogen-bond acceptors (Lipinski definition) is 3. The van der Waals surface area contributed by atoms with Crippen LogP contribution in [0.4, 0.5) is 0 Å². The lowest BCUT2D eigenvalue weighted by molar-refractivity contribution is -0.141. The summed E-state index contributed by atoms with van der Waals surface area (Å²) < 4.78 is 5.76. The Morgan fingerprint density at radius 1 is 0.914 bits per heavy atom. The second kappa shape index (κ2) is 13.5. The molecule has 0 unspecified atom stereocenters. The summed E-state index contributed by atoms with van der Waals surface area (Å²) in [4.78, 5) is 28.5. The molecule has 0 saturated carbocycles. The molecule has 0 aliphatic heterocycles. The van der Waals surface area contributed by atoms with E-state index in [1.807, 2.05) is 92.7 Å². The lowest BCUT2D eigenvalue weighted by Crippen LogP contribution is -2.51. The fourth-order valence-electron chi connectivity index (χ4n) is 3.84. The fourth-order valence-corrected chi connectivity index (χ4v) is 4.05. The first-order chi connectivity index (χ1) is 16.9. The van der Waals surface area contributed by atoms with E-state index < -0.39 is 6.04 Å². The van der Waals surface area contributed by atoms with Crippen molar-refractivity contribution in [2.75, 3.05) is 6.61 Å². The third kappa shape index (κ3) is 8.76. The molecule has 0 aliphatic rings. The third-order valence-electron chi connectivity index (χ3n) is 5.49. The van der Waals surface area contributed by atoms with E-state index in [2.05, 4.69) is 5.32 Å². The molecule has 1 atom stereocenters. The molecule has 5 nitrogen and oxygen atoms in total. The number of ether oxygens (including phenoxy) is 1. The van der Waals surface area contributed by atoms with Gasteiger partial charge in [0, 0.05) is 30.5 Å². The predicted octanol–water partition coefficient (Wildman–Crippen LogP) is 5.66. The first-order valence-electron chi connectivity index (χ1n) is 12.0. The van der Waals surface area contributed by atoms with E-state index in [1.54, 1.807) is 11.0 Å². The predicted molar refractivity (Wildman–Crippen MR) is 140 cm³/mol. The van der Waals surface area contributed by atoms with Gasteiger partial charge in [0.25, 0.3) is 0 Å². The average molecular weight is 493 g/mol. The summed E-state index contributed by atoms with van der Waals surface area (Å²) in [6.07, 6.45) is 1.24. The molecule has 0 aliphatic carbocycles. The van der Waals surface area contributed by atoms with Gasteiger partial charge in [0.2, 0.25) is 11.8 Å². The normalized spacial score (nSPS) is 11.7. The van der Waals surface area contributed by atoms with Gasteiger partial charge in [0.05, 0.1) is 6.61 Å². The zero-order chi connectivity index (χ0) is 25.0. The van der Waals surface area contributed by atoms with Crippen molar-refractivity contribution in [1.29, 1.82) is 0 Å². The van der Waals surface area contributed by atoms with Crippen molar-refractivity contribution in [3.05, 3.63) is 101 Å². The largest absolute Gasteiger partial charge is 0.494 e. The first-order valence-corrected chi connectivity index (χ1v) is 12.4. The van der Waals surface area contributed by atoms with Crippen LogP contribution in [0.2, 0.25) is 5.02 Å². The molecule has 0 spiro atoms. The minimum absolute atomic E-state index is 0.0387. The number of benzene rings is 3. The summed E-state index contributed by atoms with van der Waals surface area (Å²) in [7, 11) is 0. The van der Waals surface area contributed by atoms with Gasteiger partial charge in [-0.1, -0.05) is 72.3 Å². The summed E-state index contributed by atoms with van der Waals surface area (Å²) in [5, 5.41) is 3.60. The number of nitrogens with one attached hydrogen (secondary N) is 1. The number of carbonyl (C=O) groups excluding carboxylic acids is 2. The molecule has 0 radical (unpaired) electrons. The monoisotopic (exact) mass is 492 g/mol. The van der Waals surface area contributed by atoms with Crippen LogP contribution in [0.5, 0.6) is 5.75 Å². The van der Waals surface area contributed by atoms with Crippen molar-refractivity contribution in [3.63, 3.8) is 0 Å². The second-order valence-corrected chi connectivity index (χ2v) is 9.22. The number of para-hydroxylation sites is 1. The van der Waals surface area contributed by atoms with E-state index in [9.17, 15) is 9.59 Å². The van der Waals surface area contributed by atoms with Crippen molar-refractivity contribution in [3.8, 4) is 5.75 Å². The Hall–Kier alpha value is -3.31. The maximum Gasteiger partial charge on any atom is 0.243 e. The molecule has 35 heavy (non-hydrogen) atoms. The van der Waals surface area contributed by atoms with Gasteiger partial charge in [0.15, 0.2) is 0 Å². The fraction of sp³-hybridized carbons (Fsp3) is 0.310. The summed E-state index contributed by atoms with van der Waals surface area (Å²) in [6, 6.07) is 26.0. The Kier molecular flexibility index (Phi) is 10.2. The van der Waals surface area contributed by atoms with Crippen LogP contribution in [0.1, 0.15) is 37.8 Å². The molecule has 184 valence electrons. The SMILES string of the molecule is CC(C)NC(=O)[C@H](Cc1ccccc1)N(Cc1cccc(Cl)c1)C(=O)CCCOc1ccccc1. The third-order valence-corrected chi connectivity index (χ3v) is 5.73. The van der Waals surface area contributed by atoms with Crippen LogP contribution in [0, 0.1) is 0 Å². The molecule has 0 bridgehead atoms. The Labute approximate surface area is 213 Å². The standard InChI is InChI=1S/C29H33ClN2O3/c1-22(2)31-29(34)27(20-23-11-5-3-6-12-23)32(21-24-13-9-14-25(30)19-24)28(33)17-10-18-35-26-15-7-4-8-16-26/h3-9,11-16,19,22,27H,10,17-18,20-21H2,1-2H3,(H,31,34)/t27-/m0/s1. The number of rotatable bonds is 12. The summed E-state index contributed by atoms with van der Waals surface area (Å²) >= 11 is 6.21. The number of amides is 2. The van der Waals surface area contributed by atoms with Crippen LogP contribution in [-0.4, -0.2) is 35.4 Å². The molecular formula is C29H33ClN2O3. The van der Waals surface area contributed by atoms with Gasteiger partial charge in [-0.2, -0.15) is 0 Å². The molecule has 0 fully saturated rings. The van der Waals surface area contributed by atoms with E-state index >= 15 is 0 Å². The Balaban J connectivity index is 1.79. The van der Waals surface area contributed by atoms with Gasteiger partial charge in [-0.05, 0) is 55.7 Å². The van der Waals surface area contributed by atoms with Gasteiger partial charge < -0.3 is 15.0 Å². The number of carbonyl (C=O) groups is 2. The number of nitrogens with zero attached hydrogens (tertiary/aromatic N) is 1. The van der Waals surface area contributed by atoms with E-state index in [0.29, 0.717) is 31.0 Å². The average Bonchev–Trinajstić information content (AvgIpc) is 2.85. The van der Waals surface area contributed by atoms with Crippen molar-refractivity contribution < 1.29 is 14.3 Å². The molecule has 2 amide bonds. The van der Waals surface area contributed by atoms with Gasteiger partial charge in [-0.15, -0.1) is 0 Å². The van der Waals surface area contributed by atoms with Crippen LogP contribution < -0.4 is 10.1 Å². The first kappa shape index (κ1) is 26.3. The highest BCUT2D eigenvalue weighted by molar-refractivity contribution is 6.30. The molecule has 3 aromatic rings. The highest BCUT2D eigenvalue weighted by Crippen LogP contribution is 2.19. The molecule has 1 N–H and O–H groups in total. The van der Waals surface area contributed by atoms with Crippen LogP contribution in [0.3, 0.4) is 0 Å². The van der Waals surface area contributed by atoms with Gasteiger partial charge in [-0.25, -0.2) is 0 Å². The maximum absolute atomic E-state index is 13.5. The molecule has 3 aromatic carbocycles.